The average molecular weight is 160 g/mol. The Kier molecular flexibility index (Phi) is 2.07. The fourth-order valence-corrected chi connectivity index (χ4v) is 0.885. The van der Waals surface area contributed by atoms with E-state index in [4.69, 9.17) is 0 Å². The maximum absolute atomic E-state index is 9.26. The van der Waals surface area contributed by atoms with Gasteiger partial charge in [-0.15, -0.1) is 0 Å². The zero-order valence-corrected chi connectivity index (χ0v) is 7.01. The van der Waals surface area contributed by atoms with E-state index < -0.39 is 6.10 Å². The third kappa shape index (κ3) is 2.61. The highest BCUT2D eigenvalue weighted by Crippen LogP contribution is 2.28. The summed E-state index contributed by atoms with van der Waals surface area (Å²) in [6, 6.07) is 0. The van der Waals surface area contributed by atoms with Crippen molar-refractivity contribution in [2.24, 2.45) is 11.8 Å². The molecule has 0 atom stereocenters. The molecule has 1 heteroatoms. The van der Waals surface area contributed by atoms with E-state index in [9.17, 15) is 5.11 Å². The minimum Gasteiger partial charge on any atom is -0.369 e. The molecule has 2 fully saturated rings. The number of aliphatic hydroxyl groups is 1. The van der Waals surface area contributed by atoms with Gasteiger partial charge in [-0.25, -0.2) is 0 Å². The molecule has 0 aromatic rings. The van der Waals surface area contributed by atoms with Crippen molar-refractivity contribution < 1.29 is 5.11 Å². The van der Waals surface area contributed by atoms with Crippen molar-refractivity contribution in [1.82, 2.24) is 0 Å². The fourth-order valence-electron chi connectivity index (χ4n) is 0.885. The predicted molar refractivity (Wildman–Crippen MR) is 47.0 cm³/mol. The Balaban J connectivity index is 1.80. The Morgan fingerprint density at radius 3 is 1.67 bits per heavy atom. The Hall–Kier alpha value is -0.920. The van der Waals surface area contributed by atoms with E-state index >= 15 is 0 Å². The molecule has 2 rings (SSSR count). The lowest BCUT2D eigenvalue weighted by Gasteiger charge is -1.87. The van der Waals surface area contributed by atoms with Crippen molar-refractivity contribution in [2.75, 3.05) is 0 Å². The first-order valence-corrected chi connectivity index (χ1v) is 4.55. The van der Waals surface area contributed by atoms with Gasteiger partial charge in [0.2, 0.25) is 0 Å². The molecule has 12 heavy (non-hydrogen) atoms. The van der Waals surface area contributed by atoms with Crippen molar-refractivity contribution in [2.45, 2.75) is 31.8 Å². The van der Waals surface area contributed by atoms with Crippen molar-refractivity contribution >= 4 is 0 Å². The minimum absolute atomic E-state index is 0.558. The van der Waals surface area contributed by atoms with Crippen LogP contribution < -0.4 is 0 Å². The minimum atomic E-state index is -0.703. The number of hydrogen-bond acceptors (Lipinski definition) is 1. The monoisotopic (exact) mass is 160 g/mol. The van der Waals surface area contributed by atoms with Crippen molar-refractivity contribution in [1.29, 1.82) is 0 Å². The van der Waals surface area contributed by atoms with Gasteiger partial charge in [-0.1, -0.05) is 23.7 Å². The maximum atomic E-state index is 9.26. The molecular weight excluding hydrogens is 148 g/mol. The average Bonchev–Trinajstić information content (AvgIpc) is 2.89. The highest BCUT2D eigenvalue weighted by Gasteiger charge is 2.19. The molecule has 0 bridgehead atoms. The van der Waals surface area contributed by atoms with E-state index in [0.29, 0.717) is 11.8 Å². The van der Waals surface area contributed by atoms with Gasteiger partial charge in [0.15, 0.2) is 6.10 Å². The standard InChI is InChI=1S/C11H12O/c12-11(7-5-9-1-2-9)8-6-10-3-4-10/h9-12H,1-4H2. The SMILES string of the molecule is OC(C#CC1CC1)C#CC1CC1. The highest BCUT2D eigenvalue weighted by molar-refractivity contribution is 5.23. The maximum Gasteiger partial charge on any atom is 0.176 e. The highest BCUT2D eigenvalue weighted by atomic mass is 16.3. The molecule has 2 aliphatic carbocycles. The second-order valence-electron chi connectivity index (χ2n) is 3.53. The number of aliphatic hydroxyl groups excluding tert-OH is 1. The van der Waals surface area contributed by atoms with Crippen LogP contribution in [0, 0.1) is 35.5 Å². The molecule has 0 unspecified atom stereocenters. The summed E-state index contributed by atoms with van der Waals surface area (Å²) in [5.41, 5.74) is 0. The predicted octanol–water partition coefficient (Wildman–Crippen LogP) is 1.17. The lowest BCUT2D eigenvalue weighted by atomic mass is 10.3. The molecule has 1 N–H and O–H groups in total. The van der Waals surface area contributed by atoms with Crippen LogP contribution in [-0.4, -0.2) is 11.2 Å². The summed E-state index contributed by atoms with van der Waals surface area (Å²) < 4.78 is 0. The molecular formula is C11H12O. The van der Waals surface area contributed by atoms with Crippen LogP contribution in [0.4, 0.5) is 0 Å². The normalized spacial score (nSPS) is 20.8. The lowest BCUT2D eigenvalue weighted by Crippen LogP contribution is -1.97. The molecule has 0 radical (unpaired) electrons. The van der Waals surface area contributed by atoms with Gasteiger partial charge in [0.05, 0.1) is 0 Å². The van der Waals surface area contributed by atoms with Crippen molar-refractivity contribution in [3.05, 3.63) is 0 Å². The number of hydrogen-bond donors (Lipinski definition) is 1. The van der Waals surface area contributed by atoms with Crippen LogP contribution in [0.2, 0.25) is 0 Å². The first-order chi connectivity index (χ1) is 5.84. The summed E-state index contributed by atoms with van der Waals surface area (Å²) in [5, 5.41) is 9.26. The molecule has 0 saturated heterocycles. The van der Waals surface area contributed by atoms with E-state index in [2.05, 4.69) is 23.7 Å². The van der Waals surface area contributed by atoms with Gasteiger partial charge in [0.1, 0.15) is 0 Å². The molecule has 0 aliphatic heterocycles. The summed E-state index contributed by atoms with van der Waals surface area (Å²) in [4.78, 5) is 0. The summed E-state index contributed by atoms with van der Waals surface area (Å²) in [7, 11) is 0. The zero-order valence-electron chi connectivity index (χ0n) is 7.01. The largest absolute Gasteiger partial charge is 0.369 e. The van der Waals surface area contributed by atoms with Crippen LogP contribution in [0.3, 0.4) is 0 Å². The van der Waals surface area contributed by atoms with Crippen molar-refractivity contribution in [3.8, 4) is 23.7 Å². The van der Waals surface area contributed by atoms with E-state index in [-0.39, 0.29) is 0 Å². The number of rotatable bonds is 0. The summed E-state index contributed by atoms with van der Waals surface area (Å²) in [6.45, 7) is 0. The van der Waals surface area contributed by atoms with E-state index in [1.165, 1.54) is 25.7 Å². The third-order valence-electron chi connectivity index (χ3n) is 2.00. The third-order valence-corrected chi connectivity index (χ3v) is 2.00. The smallest absolute Gasteiger partial charge is 0.176 e. The van der Waals surface area contributed by atoms with Gasteiger partial charge in [0, 0.05) is 11.8 Å². The summed E-state index contributed by atoms with van der Waals surface area (Å²) in [6.07, 6.45) is 4.11. The van der Waals surface area contributed by atoms with Gasteiger partial charge in [-0.05, 0) is 25.7 Å². The first kappa shape index (κ1) is 7.71. The molecule has 0 amide bonds. The van der Waals surface area contributed by atoms with Crippen LogP contribution in [-0.2, 0) is 0 Å². The van der Waals surface area contributed by atoms with Gasteiger partial charge >= 0.3 is 0 Å². The van der Waals surface area contributed by atoms with Crippen LogP contribution in [0.1, 0.15) is 25.7 Å². The summed E-state index contributed by atoms with van der Waals surface area (Å²) in [5.74, 6) is 12.6. The summed E-state index contributed by atoms with van der Waals surface area (Å²) >= 11 is 0. The molecule has 62 valence electrons. The molecule has 1 nitrogen and oxygen atoms in total. The van der Waals surface area contributed by atoms with Crippen LogP contribution in [0.5, 0.6) is 0 Å². The molecule has 0 heterocycles. The second kappa shape index (κ2) is 3.21. The Morgan fingerprint density at radius 1 is 0.917 bits per heavy atom. The topological polar surface area (TPSA) is 20.2 Å². The van der Waals surface area contributed by atoms with E-state index in [0.717, 1.165) is 0 Å². The fraction of sp³-hybridized carbons (Fsp3) is 0.636. The Morgan fingerprint density at radius 2 is 1.33 bits per heavy atom. The van der Waals surface area contributed by atoms with E-state index in [1.54, 1.807) is 0 Å². The van der Waals surface area contributed by atoms with Crippen LogP contribution in [0.25, 0.3) is 0 Å². The molecule has 2 saturated carbocycles. The van der Waals surface area contributed by atoms with Crippen molar-refractivity contribution in [3.63, 3.8) is 0 Å². The van der Waals surface area contributed by atoms with Gasteiger partial charge < -0.3 is 5.11 Å². The van der Waals surface area contributed by atoms with E-state index in [1.807, 2.05) is 0 Å². The molecule has 0 spiro atoms. The molecule has 2 aliphatic rings. The van der Waals surface area contributed by atoms with Crippen LogP contribution in [0.15, 0.2) is 0 Å². The first-order valence-electron chi connectivity index (χ1n) is 4.55. The quantitative estimate of drug-likeness (QED) is 0.527. The second-order valence-corrected chi connectivity index (χ2v) is 3.53. The molecule has 0 aromatic carbocycles. The van der Waals surface area contributed by atoms with Gasteiger partial charge in [-0.3, -0.25) is 0 Å². The molecule has 0 aromatic heterocycles. The van der Waals surface area contributed by atoms with Gasteiger partial charge in [0.25, 0.3) is 0 Å². The van der Waals surface area contributed by atoms with Crippen LogP contribution >= 0.6 is 0 Å². The van der Waals surface area contributed by atoms with Gasteiger partial charge in [-0.2, -0.15) is 0 Å². The zero-order chi connectivity index (χ0) is 8.39. The lowest BCUT2D eigenvalue weighted by molar-refractivity contribution is 0.289. The Bertz CT molecular complexity index is 246. The Labute approximate surface area is 73.2 Å².